The molecule has 0 aromatic heterocycles. The summed E-state index contributed by atoms with van der Waals surface area (Å²) in [4.78, 5) is 26.1. The molecule has 1 aliphatic heterocycles. The van der Waals surface area contributed by atoms with E-state index >= 15 is 0 Å². The molecular weight excluding hydrogens is 406 g/mol. The molecule has 1 aromatic carbocycles. The minimum Gasteiger partial charge on any atom is -0.493 e. The van der Waals surface area contributed by atoms with E-state index in [1.165, 1.54) is 4.90 Å². The standard InChI is InChI=1S/C18H24BrNO4S/c1-5-23-14-9-15(24-6-2)13(19)7-12(14)8-16-17(21)20(10-11(3)4)18(22)25-16/h7,9,11,16H,5-6,8,10H2,1-4H3/t16-/m0/s1. The van der Waals surface area contributed by atoms with Crippen molar-refractivity contribution in [3.8, 4) is 11.5 Å². The first kappa shape index (κ1) is 20.1. The molecule has 1 aromatic rings. The van der Waals surface area contributed by atoms with Crippen LogP contribution in [0.2, 0.25) is 0 Å². The fraction of sp³-hybridized carbons (Fsp3) is 0.556. The van der Waals surface area contributed by atoms with E-state index in [2.05, 4.69) is 15.9 Å². The summed E-state index contributed by atoms with van der Waals surface area (Å²) in [6.45, 7) is 9.36. The van der Waals surface area contributed by atoms with E-state index in [-0.39, 0.29) is 17.1 Å². The fourth-order valence-corrected chi connectivity index (χ4v) is 4.18. The Kier molecular flexibility index (Phi) is 7.19. The van der Waals surface area contributed by atoms with Crippen LogP contribution >= 0.6 is 27.7 Å². The second-order valence-electron chi connectivity index (χ2n) is 6.18. The highest BCUT2D eigenvalue weighted by atomic mass is 79.9. The van der Waals surface area contributed by atoms with Crippen molar-refractivity contribution in [1.82, 2.24) is 4.90 Å². The molecule has 138 valence electrons. The summed E-state index contributed by atoms with van der Waals surface area (Å²) in [5.41, 5.74) is 0.891. The maximum absolute atomic E-state index is 12.6. The Bertz CT molecular complexity index is 650. The van der Waals surface area contributed by atoms with E-state index in [4.69, 9.17) is 9.47 Å². The lowest BCUT2D eigenvalue weighted by Gasteiger charge is -2.17. The van der Waals surface area contributed by atoms with E-state index in [1.807, 2.05) is 39.8 Å². The molecule has 1 aliphatic rings. The Balaban J connectivity index is 2.23. The highest BCUT2D eigenvalue weighted by molar-refractivity contribution is 9.10. The summed E-state index contributed by atoms with van der Waals surface area (Å²) in [6.07, 6.45) is 0.449. The second-order valence-corrected chi connectivity index (χ2v) is 8.18. The van der Waals surface area contributed by atoms with Crippen molar-refractivity contribution in [2.75, 3.05) is 19.8 Å². The molecule has 5 nitrogen and oxygen atoms in total. The van der Waals surface area contributed by atoms with Crippen molar-refractivity contribution >= 4 is 38.8 Å². The van der Waals surface area contributed by atoms with Crippen LogP contribution in [0.1, 0.15) is 33.3 Å². The monoisotopic (exact) mass is 429 g/mol. The van der Waals surface area contributed by atoms with Crippen molar-refractivity contribution in [3.63, 3.8) is 0 Å². The Morgan fingerprint density at radius 2 is 1.80 bits per heavy atom. The lowest BCUT2D eigenvalue weighted by molar-refractivity contribution is -0.127. The van der Waals surface area contributed by atoms with Crippen molar-refractivity contribution in [2.24, 2.45) is 5.92 Å². The Morgan fingerprint density at radius 1 is 1.16 bits per heavy atom. The summed E-state index contributed by atoms with van der Waals surface area (Å²) in [6, 6.07) is 3.75. The highest BCUT2D eigenvalue weighted by Crippen LogP contribution is 2.37. The van der Waals surface area contributed by atoms with Gasteiger partial charge in [-0.15, -0.1) is 0 Å². The minimum atomic E-state index is -0.407. The van der Waals surface area contributed by atoms with Crippen LogP contribution in [0.3, 0.4) is 0 Å². The fourth-order valence-electron chi connectivity index (χ4n) is 2.65. The Hall–Kier alpha value is -1.21. The number of carbonyl (C=O) groups is 2. The number of nitrogens with zero attached hydrogens (tertiary/aromatic N) is 1. The van der Waals surface area contributed by atoms with Crippen LogP contribution in [0.4, 0.5) is 4.79 Å². The van der Waals surface area contributed by atoms with Crippen LogP contribution in [0, 0.1) is 5.92 Å². The van der Waals surface area contributed by atoms with Gasteiger partial charge < -0.3 is 9.47 Å². The smallest absolute Gasteiger partial charge is 0.289 e. The normalized spacial score (nSPS) is 17.5. The van der Waals surface area contributed by atoms with Crippen LogP contribution in [0.15, 0.2) is 16.6 Å². The molecule has 0 radical (unpaired) electrons. The molecule has 1 saturated heterocycles. The van der Waals surface area contributed by atoms with Gasteiger partial charge in [-0.1, -0.05) is 25.6 Å². The van der Waals surface area contributed by atoms with E-state index in [0.29, 0.717) is 37.7 Å². The van der Waals surface area contributed by atoms with Crippen molar-refractivity contribution < 1.29 is 19.1 Å². The van der Waals surface area contributed by atoms with E-state index in [9.17, 15) is 9.59 Å². The average molecular weight is 430 g/mol. The van der Waals surface area contributed by atoms with Gasteiger partial charge in [0.2, 0.25) is 5.91 Å². The first-order valence-corrected chi connectivity index (χ1v) is 10.1. The van der Waals surface area contributed by atoms with Crippen molar-refractivity contribution in [1.29, 1.82) is 0 Å². The minimum absolute atomic E-state index is 0.115. The van der Waals surface area contributed by atoms with Crippen molar-refractivity contribution in [3.05, 3.63) is 22.2 Å². The van der Waals surface area contributed by atoms with E-state index in [1.54, 1.807) is 0 Å². The third-order valence-corrected chi connectivity index (χ3v) is 5.37. The summed E-state index contributed by atoms with van der Waals surface area (Å²) in [5, 5.41) is -0.568. The summed E-state index contributed by atoms with van der Waals surface area (Å²) < 4.78 is 12.1. The van der Waals surface area contributed by atoms with Gasteiger partial charge >= 0.3 is 0 Å². The summed E-state index contributed by atoms with van der Waals surface area (Å²) >= 11 is 4.61. The first-order chi connectivity index (χ1) is 11.9. The SMILES string of the molecule is CCOc1cc(OCC)c(C[C@@H]2SC(=O)N(CC(C)C)C2=O)cc1Br. The molecular formula is C18H24BrNO4S. The Morgan fingerprint density at radius 3 is 2.40 bits per heavy atom. The number of halogens is 1. The van der Waals surface area contributed by atoms with Crippen LogP contribution in [-0.4, -0.2) is 41.1 Å². The molecule has 25 heavy (non-hydrogen) atoms. The van der Waals surface area contributed by atoms with Gasteiger partial charge in [0, 0.05) is 12.6 Å². The molecule has 1 atom stereocenters. The highest BCUT2D eigenvalue weighted by Gasteiger charge is 2.40. The molecule has 0 saturated carbocycles. The Labute approximate surface area is 161 Å². The van der Waals surface area contributed by atoms with Gasteiger partial charge in [0.1, 0.15) is 11.5 Å². The number of carbonyl (C=O) groups excluding carboxylic acids is 2. The maximum Gasteiger partial charge on any atom is 0.289 e. The zero-order chi connectivity index (χ0) is 18.6. The van der Waals surface area contributed by atoms with Gasteiger partial charge in [0.25, 0.3) is 5.24 Å². The molecule has 1 heterocycles. The van der Waals surface area contributed by atoms with Crippen molar-refractivity contribution in [2.45, 2.75) is 39.4 Å². The van der Waals surface area contributed by atoms with E-state index in [0.717, 1.165) is 21.8 Å². The third kappa shape index (κ3) is 4.91. The molecule has 1 fully saturated rings. The van der Waals surface area contributed by atoms with Crippen LogP contribution in [-0.2, 0) is 11.2 Å². The lowest BCUT2D eigenvalue weighted by Crippen LogP contribution is -2.35. The number of benzene rings is 1. The lowest BCUT2D eigenvalue weighted by atomic mass is 10.1. The third-order valence-electron chi connectivity index (χ3n) is 3.67. The van der Waals surface area contributed by atoms with Gasteiger partial charge in [0.15, 0.2) is 0 Å². The number of ether oxygens (including phenoxy) is 2. The molecule has 7 heteroatoms. The molecule has 2 amide bonds. The number of thioether (sulfide) groups is 1. The number of imide groups is 1. The quantitative estimate of drug-likeness (QED) is 0.608. The predicted octanol–water partition coefficient (Wildman–Crippen LogP) is 4.51. The molecule has 2 rings (SSSR count). The van der Waals surface area contributed by atoms with E-state index < -0.39 is 5.25 Å². The molecule has 0 unspecified atom stereocenters. The largest absolute Gasteiger partial charge is 0.493 e. The van der Waals surface area contributed by atoms with Crippen LogP contribution < -0.4 is 9.47 Å². The predicted molar refractivity (Wildman–Crippen MR) is 104 cm³/mol. The zero-order valence-electron chi connectivity index (χ0n) is 15.0. The van der Waals surface area contributed by atoms with Gasteiger partial charge in [-0.2, -0.15) is 0 Å². The molecule has 0 N–H and O–H groups in total. The molecule has 0 bridgehead atoms. The molecule has 0 aliphatic carbocycles. The van der Waals surface area contributed by atoms with Crippen LogP contribution in [0.5, 0.6) is 11.5 Å². The second kappa shape index (κ2) is 8.94. The van der Waals surface area contributed by atoms with Gasteiger partial charge in [0.05, 0.1) is 22.9 Å². The van der Waals surface area contributed by atoms with Crippen LogP contribution in [0.25, 0.3) is 0 Å². The molecule has 0 spiro atoms. The van der Waals surface area contributed by atoms with Gasteiger partial charge in [-0.05, 0) is 53.7 Å². The topological polar surface area (TPSA) is 55.8 Å². The number of hydrogen-bond donors (Lipinski definition) is 0. The van der Waals surface area contributed by atoms with Gasteiger partial charge in [-0.3, -0.25) is 14.5 Å². The zero-order valence-corrected chi connectivity index (χ0v) is 17.4. The summed E-state index contributed by atoms with van der Waals surface area (Å²) in [7, 11) is 0. The van der Waals surface area contributed by atoms with Gasteiger partial charge in [-0.25, -0.2) is 0 Å². The number of amides is 2. The average Bonchev–Trinajstić information content (AvgIpc) is 2.79. The number of rotatable bonds is 8. The number of hydrogen-bond acceptors (Lipinski definition) is 5. The maximum atomic E-state index is 12.6. The summed E-state index contributed by atoms with van der Waals surface area (Å²) in [5.74, 6) is 1.54. The first-order valence-electron chi connectivity index (χ1n) is 8.47.